The van der Waals surface area contributed by atoms with Crippen LogP contribution in [0.5, 0.6) is 0 Å². The average Bonchev–Trinajstić information content (AvgIpc) is 2.95. The zero-order valence-electron chi connectivity index (χ0n) is 14.7. The molecule has 1 amide bonds. The quantitative estimate of drug-likeness (QED) is 0.908. The maximum Gasteiger partial charge on any atom is 0.280 e. The van der Waals surface area contributed by atoms with E-state index in [1.807, 2.05) is 0 Å². The van der Waals surface area contributed by atoms with Gasteiger partial charge < -0.3 is 5.32 Å². The van der Waals surface area contributed by atoms with E-state index in [1.165, 1.54) is 31.5 Å². The van der Waals surface area contributed by atoms with Crippen molar-refractivity contribution in [1.29, 1.82) is 0 Å². The van der Waals surface area contributed by atoms with Gasteiger partial charge in [-0.25, -0.2) is 18.3 Å². The minimum absolute atomic E-state index is 0.130. The number of carbonyl (C=O) groups is 1. The Labute approximate surface area is 150 Å². The molecule has 2 aromatic heterocycles. The lowest BCUT2D eigenvalue weighted by Gasteiger charge is -2.56. The van der Waals surface area contributed by atoms with E-state index in [4.69, 9.17) is 0 Å². The van der Waals surface area contributed by atoms with Gasteiger partial charge in [0.2, 0.25) is 0 Å². The van der Waals surface area contributed by atoms with Crippen LogP contribution in [0.25, 0.3) is 5.65 Å². The number of nitrogens with one attached hydrogen (secondary N) is 1. The summed E-state index contributed by atoms with van der Waals surface area (Å²) in [6, 6.07) is 1.31. The number of aryl methyl sites for hydroxylation is 1. The lowest BCUT2D eigenvalue weighted by molar-refractivity contribution is -0.0166. The molecule has 1 N–H and O–H groups in total. The fourth-order valence-corrected chi connectivity index (χ4v) is 6.00. The number of carbonyl (C=O) groups excluding carboxylic acids is 1. The van der Waals surface area contributed by atoms with Gasteiger partial charge in [0.1, 0.15) is 11.3 Å². The molecule has 0 aromatic carbocycles. The summed E-state index contributed by atoms with van der Waals surface area (Å²) in [5.41, 5.74) is 0.586. The van der Waals surface area contributed by atoms with Crippen molar-refractivity contribution in [3.8, 4) is 0 Å². The molecule has 0 saturated heterocycles. The van der Waals surface area contributed by atoms with Crippen LogP contribution < -0.4 is 5.32 Å². The fraction of sp³-hybridized carbons (Fsp3) is 0.632. The van der Waals surface area contributed by atoms with Crippen LogP contribution in [0.15, 0.2) is 12.3 Å². The maximum atomic E-state index is 13.3. The third-order valence-electron chi connectivity index (χ3n) is 6.51. The van der Waals surface area contributed by atoms with Gasteiger partial charge in [-0.2, -0.15) is 5.10 Å². The number of fused-ring (bicyclic) bond motifs is 1. The summed E-state index contributed by atoms with van der Waals surface area (Å²) in [7, 11) is 0. The van der Waals surface area contributed by atoms with Crippen LogP contribution in [0, 0.1) is 24.7 Å². The molecule has 4 aliphatic rings. The van der Waals surface area contributed by atoms with Crippen LogP contribution in [0.4, 0.5) is 8.78 Å². The maximum absolute atomic E-state index is 13.3. The molecule has 0 radical (unpaired) electrons. The van der Waals surface area contributed by atoms with Gasteiger partial charge in [-0.15, -0.1) is 0 Å². The molecule has 138 valence electrons. The Morgan fingerprint density at radius 1 is 1.23 bits per heavy atom. The van der Waals surface area contributed by atoms with Crippen molar-refractivity contribution in [1.82, 2.24) is 19.9 Å². The first kappa shape index (κ1) is 16.1. The predicted octanol–water partition coefficient (Wildman–Crippen LogP) is 3.67. The molecule has 2 aromatic rings. The van der Waals surface area contributed by atoms with Crippen LogP contribution in [0.2, 0.25) is 0 Å². The van der Waals surface area contributed by atoms with Crippen LogP contribution in [-0.4, -0.2) is 26.0 Å². The number of hydrogen-bond acceptors (Lipinski definition) is 3. The van der Waals surface area contributed by atoms with Gasteiger partial charge in [0.05, 0.1) is 6.20 Å². The molecule has 0 unspecified atom stereocenters. The highest BCUT2D eigenvalue weighted by Gasteiger charge is 2.51. The van der Waals surface area contributed by atoms with Gasteiger partial charge in [0.15, 0.2) is 5.65 Å². The second-order valence-electron chi connectivity index (χ2n) is 8.57. The van der Waals surface area contributed by atoms with Crippen molar-refractivity contribution in [3.05, 3.63) is 29.2 Å². The number of alkyl halides is 2. The highest BCUT2D eigenvalue weighted by atomic mass is 19.3. The van der Waals surface area contributed by atoms with E-state index in [1.54, 1.807) is 6.92 Å². The van der Waals surface area contributed by atoms with Gasteiger partial charge in [0.25, 0.3) is 12.3 Å². The topological polar surface area (TPSA) is 59.3 Å². The largest absolute Gasteiger partial charge is 0.346 e. The van der Waals surface area contributed by atoms with Crippen LogP contribution >= 0.6 is 0 Å². The first-order valence-corrected chi connectivity index (χ1v) is 9.38. The normalized spacial score (nSPS) is 32.5. The Hall–Kier alpha value is -2.05. The number of hydrogen-bond donors (Lipinski definition) is 1. The fourth-order valence-electron chi connectivity index (χ4n) is 6.00. The van der Waals surface area contributed by atoms with E-state index in [9.17, 15) is 13.6 Å². The molecule has 4 fully saturated rings. The lowest BCUT2D eigenvalue weighted by Crippen LogP contribution is -2.59. The van der Waals surface area contributed by atoms with Crippen molar-refractivity contribution in [2.45, 2.75) is 57.4 Å². The monoisotopic (exact) mass is 360 g/mol. The van der Waals surface area contributed by atoms with Gasteiger partial charge in [-0.1, -0.05) is 0 Å². The number of rotatable bonds is 3. The second kappa shape index (κ2) is 5.47. The number of amides is 1. The van der Waals surface area contributed by atoms with Gasteiger partial charge in [0, 0.05) is 11.2 Å². The van der Waals surface area contributed by atoms with E-state index in [-0.39, 0.29) is 28.4 Å². The molecular formula is C19H22F2N4O. The summed E-state index contributed by atoms with van der Waals surface area (Å²) in [4.78, 5) is 17.3. The van der Waals surface area contributed by atoms with Crippen molar-refractivity contribution < 1.29 is 13.6 Å². The Morgan fingerprint density at radius 3 is 2.42 bits per heavy atom. The van der Waals surface area contributed by atoms with Gasteiger partial charge in [-0.3, -0.25) is 4.79 Å². The molecule has 4 aliphatic carbocycles. The Bertz CT molecular complexity index is 856. The summed E-state index contributed by atoms with van der Waals surface area (Å²) in [6.07, 6.45) is 5.71. The second-order valence-corrected chi connectivity index (χ2v) is 8.57. The molecule has 4 bridgehead atoms. The zero-order valence-corrected chi connectivity index (χ0v) is 14.7. The molecule has 0 spiro atoms. The summed E-state index contributed by atoms with van der Waals surface area (Å²) in [5, 5.41) is 7.28. The highest BCUT2D eigenvalue weighted by molar-refractivity contribution is 6.00. The van der Waals surface area contributed by atoms with Crippen LogP contribution in [-0.2, 0) is 0 Å². The standard InChI is InChI=1S/C19H22F2N4O/c1-10-2-15(16(20)21)25-17(23-10)14(9-22-25)18(26)24-19-6-11-3-12(7-19)5-13(4-11)8-19/h2,9,11-13,16H,3-8H2,1H3,(H,24,26). The highest BCUT2D eigenvalue weighted by Crippen LogP contribution is 2.55. The van der Waals surface area contributed by atoms with Crippen molar-refractivity contribution >= 4 is 11.6 Å². The molecular weight excluding hydrogens is 338 g/mol. The molecule has 0 aliphatic heterocycles. The van der Waals surface area contributed by atoms with Gasteiger partial charge >= 0.3 is 0 Å². The Kier molecular flexibility index (Phi) is 3.40. The van der Waals surface area contributed by atoms with Crippen molar-refractivity contribution in [3.63, 3.8) is 0 Å². The predicted molar refractivity (Wildman–Crippen MR) is 91.1 cm³/mol. The van der Waals surface area contributed by atoms with Gasteiger partial charge in [-0.05, 0) is 69.3 Å². The SMILES string of the molecule is Cc1cc(C(F)F)n2ncc(C(=O)NC34CC5CC(CC(C5)C3)C4)c2n1. The molecule has 7 heteroatoms. The molecule has 0 atom stereocenters. The summed E-state index contributed by atoms with van der Waals surface area (Å²) in [5.74, 6) is 1.92. The van der Waals surface area contributed by atoms with E-state index in [0.717, 1.165) is 41.5 Å². The lowest BCUT2D eigenvalue weighted by atomic mass is 9.53. The first-order chi connectivity index (χ1) is 12.4. The smallest absolute Gasteiger partial charge is 0.280 e. The molecule has 5 nitrogen and oxygen atoms in total. The summed E-state index contributed by atoms with van der Waals surface area (Å²) in [6.45, 7) is 1.65. The number of aromatic nitrogens is 3. The average molecular weight is 360 g/mol. The zero-order chi connectivity index (χ0) is 18.1. The van der Waals surface area contributed by atoms with E-state index >= 15 is 0 Å². The number of nitrogens with zero attached hydrogens (tertiary/aromatic N) is 3. The Morgan fingerprint density at radius 2 is 1.85 bits per heavy atom. The summed E-state index contributed by atoms with van der Waals surface area (Å²) >= 11 is 0. The third kappa shape index (κ3) is 2.43. The minimum atomic E-state index is -2.67. The van der Waals surface area contributed by atoms with E-state index in [0.29, 0.717) is 5.69 Å². The van der Waals surface area contributed by atoms with E-state index in [2.05, 4.69) is 15.4 Å². The van der Waals surface area contributed by atoms with E-state index < -0.39 is 6.43 Å². The van der Waals surface area contributed by atoms with Crippen molar-refractivity contribution in [2.24, 2.45) is 17.8 Å². The Balaban J connectivity index is 1.48. The van der Waals surface area contributed by atoms with Crippen molar-refractivity contribution in [2.75, 3.05) is 0 Å². The molecule has 26 heavy (non-hydrogen) atoms. The molecule has 6 rings (SSSR count). The number of halogens is 2. The summed E-state index contributed by atoms with van der Waals surface area (Å²) < 4.78 is 27.7. The third-order valence-corrected chi connectivity index (χ3v) is 6.51. The van der Waals surface area contributed by atoms with Crippen LogP contribution in [0.3, 0.4) is 0 Å². The first-order valence-electron chi connectivity index (χ1n) is 9.38. The van der Waals surface area contributed by atoms with Crippen LogP contribution in [0.1, 0.15) is 66.7 Å². The molecule has 2 heterocycles. The molecule has 4 saturated carbocycles. The minimum Gasteiger partial charge on any atom is -0.346 e.